The number of nitriles is 1. The third-order valence-corrected chi connectivity index (χ3v) is 6.29. The fourth-order valence-corrected chi connectivity index (χ4v) is 3.95. The van der Waals surface area contributed by atoms with Gasteiger partial charge in [-0.15, -0.1) is 0 Å². The first-order valence-corrected chi connectivity index (χ1v) is 11.0. The largest absolute Gasteiger partial charge is 0.707 e. The highest BCUT2D eigenvalue weighted by atomic mass is 32.2. The van der Waals surface area contributed by atoms with E-state index in [2.05, 4.69) is 5.32 Å². The molecule has 0 saturated heterocycles. The molecule has 0 aliphatic rings. The standard InChI is InChI=1S/C20H23BN2O6S/c1-3-30(27,28)19-10-8-17(12-16(19)13-22)23-20(24)6-4-5-15-7-9-18(11-14(15)2)29-21(25)26/h7-12,25-26H,3-6H2,1-2H3,(H,23,24). The van der Waals surface area contributed by atoms with Gasteiger partial charge < -0.3 is 20.0 Å². The normalized spacial score (nSPS) is 10.9. The van der Waals surface area contributed by atoms with Gasteiger partial charge in [0.25, 0.3) is 0 Å². The zero-order valence-electron chi connectivity index (χ0n) is 16.8. The van der Waals surface area contributed by atoms with Crippen molar-refractivity contribution in [2.45, 2.75) is 38.0 Å². The van der Waals surface area contributed by atoms with Gasteiger partial charge in [0.15, 0.2) is 9.84 Å². The van der Waals surface area contributed by atoms with Crippen LogP contribution < -0.4 is 9.97 Å². The SMILES string of the molecule is CCS(=O)(=O)c1ccc(NC(=O)CCCc2ccc(OB(O)O)cc2C)cc1C#N. The van der Waals surface area contributed by atoms with Crippen molar-refractivity contribution < 1.29 is 27.9 Å². The van der Waals surface area contributed by atoms with Crippen LogP contribution in [-0.4, -0.2) is 37.4 Å². The first kappa shape index (κ1) is 23.4. The second-order valence-corrected chi connectivity index (χ2v) is 8.91. The Bertz CT molecular complexity index is 1060. The minimum Gasteiger partial charge on any atom is -0.512 e. The molecular formula is C20H23BN2O6S. The Balaban J connectivity index is 1.95. The Hall–Kier alpha value is -2.87. The molecule has 2 rings (SSSR count). The Labute approximate surface area is 176 Å². The van der Waals surface area contributed by atoms with Crippen molar-refractivity contribution in [3.8, 4) is 11.8 Å². The van der Waals surface area contributed by atoms with Crippen LogP contribution in [0.15, 0.2) is 41.3 Å². The molecule has 0 radical (unpaired) electrons. The van der Waals surface area contributed by atoms with Gasteiger partial charge in [0, 0.05) is 12.1 Å². The first-order valence-electron chi connectivity index (χ1n) is 9.35. The van der Waals surface area contributed by atoms with Gasteiger partial charge in [0.1, 0.15) is 11.8 Å². The summed E-state index contributed by atoms with van der Waals surface area (Å²) in [6.45, 7) is 3.37. The summed E-state index contributed by atoms with van der Waals surface area (Å²) in [5.41, 5.74) is 2.27. The van der Waals surface area contributed by atoms with Gasteiger partial charge in [-0.3, -0.25) is 4.79 Å². The van der Waals surface area contributed by atoms with Crippen molar-refractivity contribution in [2.24, 2.45) is 0 Å². The van der Waals surface area contributed by atoms with E-state index in [0.717, 1.165) is 11.1 Å². The Morgan fingerprint density at radius 1 is 1.23 bits per heavy atom. The topological polar surface area (TPSA) is 137 Å². The molecule has 0 aliphatic heterocycles. The number of sulfone groups is 1. The average molecular weight is 430 g/mol. The number of amides is 1. The van der Waals surface area contributed by atoms with Gasteiger partial charge >= 0.3 is 7.32 Å². The van der Waals surface area contributed by atoms with Crippen molar-refractivity contribution >= 4 is 28.8 Å². The number of hydrogen-bond acceptors (Lipinski definition) is 7. The molecule has 0 aromatic heterocycles. The van der Waals surface area contributed by atoms with E-state index in [9.17, 15) is 18.5 Å². The fourth-order valence-electron chi connectivity index (χ4n) is 2.93. The number of benzene rings is 2. The van der Waals surface area contributed by atoms with Crippen LogP contribution in [0.2, 0.25) is 0 Å². The van der Waals surface area contributed by atoms with E-state index in [-0.39, 0.29) is 28.5 Å². The molecule has 0 unspecified atom stereocenters. The van der Waals surface area contributed by atoms with Crippen molar-refractivity contribution in [3.63, 3.8) is 0 Å². The van der Waals surface area contributed by atoms with Gasteiger partial charge in [-0.05, 0) is 61.2 Å². The number of rotatable bonds is 9. The molecule has 2 aromatic rings. The quantitative estimate of drug-likeness (QED) is 0.518. The van der Waals surface area contributed by atoms with Crippen molar-refractivity contribution in [1.82, 2.24) is 0 Å². The van der Waals surface area contributed by atoms with Gasteiger partial charge in [0.2, 0.25) is 5.91 Å². The summed E-state index contributed by atoms with van der Waals surface area (Å²) >= 11 is 0. The van der Waals surface area contributed by atoms with Gasteiger partial charge in [-0.2, -0.15) is 5.26 Å². The van der Waals surface area contributed by atoms with Crippen LogP contribution in [0.5, 0.6) is 5.75 Å². The third kappa shape index (κ3) is 6.32. The molecule has 1 amide bonds. The molecule has 0 spiro atoms. The zero-order chi connectivity index (χ0) is 22.3. The Morgan fingerprint density at radius 2 is 1.97 bits per heavy atom. The number of hydrogen-bond donors (Lipinski definition) is 3. The van der Waals surface area contributed by atoms with E-state index in [1.165, 1.54) is 25.1 Å². The molecular weight excluding hydrogens is 407 g/mol. The van der Waals surface area contributed by atoms with Gasteiger partial charge in [0.05, 0.1) is 16.2 Å². The second-order valence-electron chi connectivity index (χ2n) is 6.66. The molecule has 0 heterocycles. The summed E-state index contributed by atoms with van der Waals surface area (Å²) in [6.07, 6.45) is 1.45. The number of carbonyl (C=O) groups excluding carboxylic acids is 1. The smallest absolute Gasteiger partial charge is 0.512 e. The van der Waals surface area contributed by atoms with E-state index in [4.69, 9.17) is 14.7 Å². The van der Waals surface area contributed by atoms with E-state index < -0.39 is 17.2 Å². The van der Waals surface area contributed by atoms with Gasteiger partial charge in [-0.25, -0.2) is 8.42 Å². The molecule has 2 aromatic carbocycles. The van der Waals surface area contributed by atoms with Crippen LogP contribution >= 0.6 is 0 Å². The molecule has 3 N–H and O–H groups in total. The maximum atomic E-state index is 12.2. The maximum Gasteiger partial charge on any atom is 0.707 e. The summed E-state index contributed by atoms with van der Waals surface area (Å²) in [5, 5.41) is 29.6. The number of carbonyl (C=O) groups is 1. The lowest BCUT2D eigenvalue weighted by Gasteiger charge is -2.11. The molecule has 8 nitrogen and oxygen atoms in total. The van der Waals surface area contributed by atoms with Crippen molar-refractivity contribution in [1.29, 1.82) is 5.26 Å². The highest BCUT2D eigenvalue weighted by molar-refractivity contribution is 7.91. The lowest BCUT2D eigenvalue weighted by Crippen LogP contribution is -2.20. The first-order chi connectivity index (χ1) is 14.2. The van der Waals surface area contributed by atoms with E-state index in [1.807, 2.05) is 13.0 Å². The molecule has 0 fully saturated rings. The minimum atomic E-state index is -3.52. The van der Waals surface area contributed by atoms with Crippen LogP contribution in [0, 0.1) is 18.3 Å². The predicted octanol–water partition coefficient (Wildman–Crippen LogP) is 1.97. The molecule has 158 valence electrons. The summed E-state index contributed by atoms with van der Waals surface area (Å²) in [5.74, 6) is -0.0163. The number of nitrogens with zero attached hydrogens (tertiary/aromatic N) is 1. The number of aryl methyl sites for hydroxylation is 2. The molecule has 0 bridgehead atoms. The lowest BCUT2D eigenvalue weighted by atomic mass is 10.0. The van der Waals surface area contributed by atoms with Crippen LogP contribution in [0.25, 0.3) is 0 Å². The summed E-state index contributed by atoms with van der Waals surface area (Å²) in [6, 6.07) is 11.1. The van der Waals surface area contributed by atoms with Crippen LogP contribution in [0.3, 0.4) is 0 Å². The van der Waals surface area contributed by atoms with Crippen LogP contribution in [0.1, 0.15) is 36.5 Å². The second kappa shape index (κ2) is 10.3. The Kier molecular flexibility index (Phi) is 8.00. The number of anilines is 1. The van der Waals surface area contributed by atoms with E-state index >= 15 is 0 Å². The summed E-state index contributed by atoms with van der Waals surface area (Å²) in [4.78, 5) is 12.2. The minimum absolute atomic E-state index is 0.000538. The Morgan fingerprint density at radius 3 is 2.57 bits per heavy atom. The molecule has 30 heavy (non-hydrogen) atoms. The average Bonchev–Trinajstić information content (AvgIpc) is 2.69. The maximum absolute atomic E-state index is 12.2. The lowest BCUT2D eigenvalue weighted by molar-refractivity contribution is -0.116. The summed E-state index contributed by atoms with van der Waals surface area (Å²) in [7, 11) is -5.39. The van der Waals surface area contributed by atoms with Crippen molar-refractivity contribution in [3.05, 3.63) is 53.1 Å². The number of nitrogens with one attached hydrogen (secondary N) is 1. The van der Waals surface area contributed by atoms with Gasteiger partial charge in [-0.1, -0.05) is 13.0 Å². The monoisotopic (exact) mass is 430 g/mol. The van der Waals surface area contributed by atoms with Crippen LogP contribution in [-0.2, 0) is 21.1 Å². The summed E-state index contributed by atoms with van der Waals surface area (Å²) < 4.78 is 28.8. The molecule has 0 aliphatic carbocycles. The third-order valence-electron chi connectivity index (χ3n) is 4.50. The molecule has 0 saturated carbocycles. The van der Waals surface area contributed by atoms with E-state index in [0.29, 0.717) is 24.3 Å². The predicted molar refractivity (Wildman–Crippen MR) is 112 cm³/mol. The van der Waals surface area contributed by atoms with Crippen molar-refractivity contribution in [2.75, 3.05) is 11.1 Å². The zero-order valence-corrected chi connectivity index (χ0v) is 17.6. The highest BCUT2D eigenvalue weighted by Crippen LogP contribution is 2.22. The van der Waals surface area contributed by atoms with E-state index in [1.54, 1.807) is 18.2 Å². The fraction of sp³-hybridized carbons (Fsp3) is 0.300. The molecule has 10 heteroatoms. The highest BCUT2D eigenvalue weighted by Gasteiger charge is 2.17. The molecule has 0 atom stereocenters. The van der Waals surface area contributed by atoms with Crippen LogP contribution in [0.4, 0.5) is 5.69 Å².